The maximum absolute atomic E-state index is 13.7. The van der Waals surface area contributed by atoms with Crippen LogP contribution < -0.4 is 5.32 Å². The van der Waals surface area contributed by atoms with Crippen LogP contribution in [0.5, 0.6) is 0 Å². The molecule has 0 aliphatic heterocycles. The Bertz CT molecular complexity index is 522. The third kappa shape index (κ3) is 1.93. The molecule has 1 aromatic heterocycles. The molecule has 1 N–H and O–H groups in total. The molecule has 0 saturated heterocycles. The van der Waals surface area contributed by atoms with Crippen molar-refractivity contribution in [3.05, 3.63) is 29.8 Å². The van der Waals surface area contributed by atoms with Gasteiger partial charge in [0.1, 0.15) is 0 Å². The van der Waals surface area contributed by atoms with Crippen molar-refractivity contribution in [2.75, 3.05) is 0 Å². The lowest BCUT2D eigenvalue weighted by Gasteiger charge is -2.56. The molecule has 0 spiro atoms. The lowest BCUT2D eigenvalue weighted by molar-refractivity contribution is -0.0167. The van der Waals surface area contributed by atoms with Crippen molar-refractivity contribution in [1.82, 2.24) is 10.3 Å². The van der Waals surface area contributed by atoms with Gasteiger partial charge in [0.2, 0.25) is 0 Å². The fraction of sp³-hybridized carbons (Fsp3) is 0.625. The number of hydrogen-bond acceptors (Lipinski definition) is 2. The van der Waals surface area contributed by atoms with Crippen LogP contribution in [0.1, 0.15) is 48.9 Å². The standard InChI is InChI=1S/C16H19FN2O/c17-14-9-18-2-1-13(14)15(20)19-16-6-10-3-11(7-16)5-12(4-10)8-16/h1-2,9-12H,3-8H2,(H,19,20). The Hall–Kier alpha value is -1.45. The first kappa shape index (κ1) is 12.3. The van der Waals surface area contributed by atoms with Gasteiger partial charge in [0.15, 0.2) is 5.82 Å². The van der Waals surface area contributed by atoms with Crippen molar-refractivity contribution in [2.24, 2.45) is 17.8 Å². The Labute approximate surface area is 118 Å². The smallest absolute Gasteiger partial charge is 0.254 e. The second kappa shape index (κ2) is 4.27. The number of nitrogens with zero attached hydrogens (tertiary/aromatic N) is 1. The number of aromatic nitrogens is 1. The van der Waals surface area contributed by atoms with E-state index in [0.717, 1.165) is 43.2 Å². The van der Waals surface area contributed by atoms with Crippen molar-refractivity contribution in [3.8, 4) is 0 Å². The predicted octanol–water partition coefficient (Wildman–Crippen LogP) is 2.92. The molecule has 1 aromatic rings. The number of amides is 1. The minimum absolute atomic E-state index is 0.0679. The molecule has 4 aliphatic carbocycles. The zero-order chi connectivity index (χ0) is 13.7. The Morgan fingerprint density at radius 2 is 1.80 bits per heavy atom. The van der Waals surface area contributed by atoms with Gasteiger partial charge in [0, 0.05) is 11.7 Å². The molecular formula is C16H19FN2O. The van der Waals surface area contributed by atoms with Crippen LogP contribution in [0.4, 0.5) is 4.39 Å². The van der Waals surface area contributed by atoms with Gasteiger partial charge in [-0.05, 0) is 62.3 Å². The number of nitrogens with one attached hydrogen (secondary N) is 1. The van der Waals surface area contributed by atoms with Crippen LogP contribution in [0.25, 0.3) is 0 Å². The highest BCUT2D eigenvalue weighted by Gasteiger charge is 2.51. The summed E-state index contributed by atoms with van der Waals surface area (Å²) >= 11 is 0. The molecule has 20 heavy (non-hydrogen) atoms. The van der Waals surface area contributed by atoms with E-state index in [-0.39, 0.29) is 17.0 Å². The average Bonchev–Trinajstić information content (AvgIpc) is 2.36. The van der Waals surface area contributed by atoms with E-state index in [1.54, 1.807) is 0 Å². The van der Waals surface area contributed by atoms with Crippen LogP contribution in [-0.4, -0.2) is 16.4 Å². The largest absolute Gasteiger partial charge is 0.346 e. The van der Waals surface area contributed by atoms with E-state index in [0.29, 0.717) is 0 Å². The molecule has 0 aromatic carbocycles. The van der Waals surface area contributed by atoms with E-state index in [4.69, 9.17) is 0 Å². The number of hydrogen-bond donors (Lipinski definition) is 1. The summed E-state index contributed by atoms with van der Waals surface area (Å²) in [5.74, 6) is 1.50. The Morgan fingerprint density at radius 1 is 1.20 bits per heavy atom. The number of pyridine rings is 1. The van der Waals surface area contributed by atoms with Crippen LogP contribution in [-0.2, 0) is 0 Å². The predicted molar refractivity (Wildman–Crippen MR) is 72.6 cm³/mol. The van der Waals surface area contributed by atoms with Crippen LogP contribution in [0.2, 0.25) is 0 Å². The summed E-state index contributed by atoms with van der Waals surface area (Å²) in [7, 11) is 0. The van der Waals surface area contributed by atoms with Crippen molar-refractivity contribution < 1.29 is 9.18 Å². The van der Waals surface area contributed by atoms with E-state index in [2.05, 4.69) is 10.3 Å². The summed E-state index contributed by atoms with van der Waals surface area (Å²) < 4.78 is 13.7. The van der Waals surface area contributed by atoms with Crippen LogP contribution >= 0.6 is 0 Å². The van der Waals surface area contributed by atoms with Crippen molar-refractivity contribution >= 4 is 5.91 Å². The van der Waals surface area contributed by atoms with E-state index < -0.39 is 5.82 Å². The van der Waals surface area contributed by atoms with Gasteiger partial charge in [-0.3, -0.25) is 9.78 Å². The lowest BCUT2D eigenvalue weighted by Crippen LogP contribution is -2.59. The minimum Gasteiger partial charge on any atom is -0.346 e. The van der Waals surface area contributed by atoms with Crippen molar-refractivity contribution in [3.63, 3.8) is 0 Å². The summed E-state index contributed by atoms with van der Waals surface area (Å²) in [5.41, 5.74) is 0.0531. The second-order valence-electron chi connectivity index (χ2n) is 7.01. The molecule has 1 heterocycles. The fourth-order valence-corrected chi connectivity index (χ4v) is 5.13. The molecule has 5 rings (SSSR count). The molecule has 0 unspecified atom stereocenters. The third-order valence-corrected chi connectivity index (χ3v) is 5.43. The Kier molecular flexibility index (Phi) is 2.63. The summed E-state index contributed by atoms with van der Waals surface area (Å²) in [6.45, 7) is 0. The number of carbonyl (C=O) groups excluding carboxylic acids is 1. The van der Waals surface area contributed by atoms with Gasteiger partial charge in [-0.1, -0.05) is 0 Å². The fourth-order valence-electron chi connectivity index (χ4n) is 5.13. The quantitative estimate of drug-likeness (QED) is 0.901. The molecule has 3 nitrogen and oxygen atoms in total. The maximum atomic E-state index is 13.7. The van der Waals surface area contributed by atoms with Crippen molar-refractivity contribution in [1.29, 1.82) is 0 Å². The zero-order valence-electron chi connectivity index (χ0n) is 11.4. The monoisotopic (exact) mass is 274 g/mol. The highest BCUT2D eigenvalue weighted by molar-refractivity contribution is 5.94. The Balaban J connectivity index is 1.57. The van der Waals surface area contributed by atoms with Gasteiger partial charge >= 0.3 is 0 Å². The molecule has 1 amide bonds. The minimum atomic E-state index is -0.533. The lowest BCUT2D eigenvalue weighted by atomic mass is 9.53. The van der Waals surface area contributed by atoms with E-state index >= 15 is 0 Å². The van der Waals surface area contributed by atoms with Gasteiger partial charge in [-0.2, -0.15) is 0 Å². The van der Waals surface area contributed by atoms with Gasteiger partial charge in [0.25, 0.3) is 5.91 Å². The van der Waals surface area contributed by atoms with E-state index in [9.17, 15) is 9.18 Å². The summed E-state index contributed by atoms with van der Waals surface area (Å²) in [5, 5.41) is 3.17. The highest BCUT2D eigenvalue weighted by Crippen LogP contribution is 2.55. The van der Waals surface area contributed by atoms with Gasteiger partial charge in [-0.25, -0.2) is 4.39 Å². The zero-order valence-corrected chi connectivity index (χ0v) is 11.4. The highest BCUT2D eigenvalue weighted by atomic mass is 19.1. The molecule has 106 valence electrons. The third-order valence-electron chi connectivity index (χ3n) is 5.43. The topological polar surface area (TPSA) is 42.0 Å². The van der Waals surface area contributed by atoms with Crippen molar-refractivity contribution in [2.45, 2.75) is 44.1 Å². The van der Waals surface area contributed by atoms with Crippen LogP contribution in [0.15, 0.2) is 18.5 Å². The first-order chi connectivity index (χ1) is 9.63. The molecule has 4 bridgehead atoms. The number of rotatable bonds is 2. The normalized spacial score (nSPS) is 38.0. The van der Waals surface area contributed by atoms with E-state index in [1.165, 1.54) is 31.5 Å². The van der Waals surface area contributed by atoms with Gasteiger partial charge < -0.3 is 5.32 Å². The molecule has 4 aliphatic rings. The first-order valence-electron chi connectivity index (χ1n) is 7.56. The molecular weight excluding hydrogens is 255 g/mol. The number of carbonyl (C=O) groups is 1. The molecule has 4 fully saturated rings. The van der Waals surface area contributed by atoms with E-state index in [1.807, 2.05) is 0 Å². The summed E-state index contributed by atoms with van der Waals surface area (Å²) in [4.78, 5) is 16.1. The average molecular weight is 274 g/mol. The molecule has 4 saturated carbocycles. The Morgan fingerprint density at radius 3 is 2.35 bits per heavy atom. The van der Waals surface area contributed by atoms with Crippen LogP contribution in [0.3, 0.4) is 0 Å². The molecule has 4 heteroatoms. The van der Waals surface area contributed by atoms with Gasteiger partial charge in [0.05, 0.1) is 11.8 Å². The van der Waals surface area contributed by atoms with Gasteiger partial charge in [-0.15, -0.1) is 0 Å². The maximum Gasteiger partial charge on any atom is 0.254 e. The first-order valence-corrected chi connectivity index (χ1v) is 7.56. The van der Waals surface area contributed by atoms with Crippen LogP contribution in [0, 0.1) is 23.6 Å². The second-order valence-corrected chi connectivity index (χ2v) is 7.01. The summed E-state index contributed by atoms with van der Waals surface area (Å²) in [6.07, 6.45) is 9.81. The summed E-state index contributed by atoms with van der Waals surface area (Å²) in [6, 6.07) is 1.46. The SMILES string of the molecule is O=C(NC12CC3CC(CC(C3)C1)C2)c1ccncc1F. The molecule has 0 atom stereocenters. The molecule has 0 radical (unpaired) electrons. The number of halogens is 1.